The normalized spacial score (nSPS) is 12.3. The van der Waals surface area contributed by atoms with E-state index in [4.69, 9.17) is 4.74 Å². The molecular weight excluding hydrogens is 280 g/mol. The van der Waals surface area contributed by atoms with E-state index >= 15 is 0 Å². The first-order valence-corrected chi connectivity index (χ1v) is 9.96. The van der Waals surface area contributed by atoms with Crippen LogP contribution in [-0.2, 0) is 0 Å². The Kier molecular flexibility index (Phi) is 12.7. The number of rotatable bonds is 15. The summed E-state index contributed by atoms with van der Waals surface area (Å²) in [4.78, 5) is 0. The Morgan fingerprint density at radius 3 is 1.91 bits per heavy atom. The fourth-order valence-electron chi connectivity index (χ4n) is 3.00. The highest BCUT2D eigenvalue weighted by Gasteiger charge is 2.03. The van der Waals surface area contributed by atoms with Crippen LogP contribution in [0.3, 0.4) is 0 Å². The molecule has 1 unspecified atom stereocenters. The SMILES string of the molecule is CCCCCCCCCCCCCCC(C)Oc1[c]cccc1. The third kappa shape index (κ3) is 12.1. The van der Waals surface area contributed by atoms with E-state index in [0.717, 1.165) is 12.2 Å². The zero-order valence-corrected chi connectivity index (χ0v) is 15.5. The third-order valence-corrected chi connectivity index (χ3v) is 4.47. The Hall–Kier alpha value is -0.980. The highest BCUT2D eigenvalue weighted by Crippen LogP contribution is 2.15. The van der Waals surface area contributed by atoms with Gasteiger partial charge in [-0.2, -0.15) is 0 Å². The van der Waals surface area contributed by atoms with Crippen LogP contribution in [0.5, 0.6) is 5.75 Å². The molecule has 0 fully saturated rings. The van der Waals surface area contributed by atoms with Gasteiger partial charge in [0.05, 0.1) is 6.10 Å². The van der Waals surface area contributed by atoms with Crippen molar-refractivity contribution in [2.24, 2.45) is 0 Å². The van der Waals surface area contributed by atoms with Crippen LogP contribution in [0.25, 0.3) is 0 Å². The molecule has 0 spiro atoms. The molecule has 0 saturated heterocycles. The van der Waals surface area contributed by atoms with Gasteiger partial charge in [0.25, 0.3) is 0 Å². The summed E-state index contributed by atoms with van der Waals surface area (Å²) in [5, 5.41) is 0. The van der Waals surface area contributed by atoms with E-state index in [0.29, 0.717) is 6.10 Å². The summed E-state index contributed by atoms with van der Waals surface area (Å²) in [5.41, 5.74) is 0. The van der Waals surface area contributed by atoms with E-state index < -0.39 is 0 Å². The molecule has 0 heterocycles. The monoisotopic (exact) mass is 317 g/mol. The standard InChI is InChI=1S/C22H37O/c1-3-4-5-6-7-8-9-10-11-12-13-15-18-21(2)23-22-19-16-14-17-20-22/h14,16-17,19,21H,3-13,15,18H2,1-2H3. The van der Waals surface area contributed by atoms with Crippen LogP contribution >= 0.6 is 0 Å². The minimum absolute atomic E-state index is 0.303. The van der Waals surface area contributed by atoms with Crippen molar-refractivity contribution in [3.05, 3.63) is 30.3 Å². The van der Waals surface area contributed by atoms with Crippen molar-refractivity contribution >= 4 is 0 Å². The van der Waals surface area contributed by atoms with Crippen LogP contribution in [0, 0.1) is 6.07 Å². The maximum Gasteiger partial charge on any atom is 0.127 e. The molecule has 0 amide bonds. The molecule has 0 aliphatic rings. The molecule has 0 aliphatic carbocycles. The van der Waals surface area contributed by atoms with Crippen molar-refractivity contribution in [1.29, 1.82) is 0 Å². The van der Waals surface area contributed by atoms with Crippen LogP contribution in [0.1, 0.15) is 97.3 Å². The summed E-state index contributed by atoms with van der Waals surface area (Å²) in [7, 11) is 0. The van der Waals surface area contributed by atoms with Gasteiger partial charge in [-0.3, -0.25) is 0 Å². The van der Waals surface area contributed by atoms with Gasteiger partial charge in [-0.1, -0.05) is 95.8 Å². The zero-order chi connectivity index (χ0) is 16.6. The molecule has 0 aromatic heterocycles. The average Bonchev–Trinajstić information content (AvgIpc) is 2.57. The highest BCUT2D eigenvalue weighted by atomic mass is 16.5. The van der Waals surface area contributed by atoms with Crippen LogP contribution in [-0.4, -0.2) is 6.10 Å². The molecule has 1 radical (unpaired) electrons. The molecule has 0 N–H and O–H groups in total. The Bertz CT molecular complexity index is 346. The number of ether oxygens (including phenoxy) is 1. The summed E-state index contributed by atoms with van der Waals surface area (Å²) in [5.74, 6) is 0.874. The Balaban J connectivity index is 1.82. The summed E-state index contributed by atoms with van der Waals surface area (Å²) >= 11 is 0. The smallest absolute Gasteiger partial charge is 0.127 e. The van der Waals surface area contributed by atoms with Crippen molar-refractivity contribution in [2.75, 3.05) is 0 Å². The second kappa shape index (κ2) is 14.6. The molecule has 1 nitrogen and oxygen atoms in total. The summed E-state index contributed by atoms with van der Waals surface area (Å²) in [6.45, 7) is 4.45. The summed E-state index contributed by atoms with van der Waals surface area (Å²) in [6.07, 6.45) is 18.3. The van der Waals surface area contributed by atoms with Crippen molar-refractivity contribution in [3.8, 4) is 5.75 Å². The van der Waals surface area contributed by atoms with E-state index in [1.165, 1.54) is 77.0 Å². The largest absolute Gasteiger partial charge is 0.490 e. The second-order valence-corrected chi connectivity index (χ2v) is 6.83. The van der Waals surface area contributed by atoms with Crippen molar-refractivity contribution in [2.45, 2.75) is 103 Å². The molecule has 131 valence electrons. The van der Waals surface area contributed by atoms with Gasteiger partial charge in [-0.25, -0.2) is 0 Å². The number of hydrogen-bond donors (Lipinski definition) is 0. The third-order valence-electron chi connectivity index (χ3n) is 4.47. The van der Waals surface area contributed by atoms with Gasteiger partial charge in [-0.15, -0.1) is 0 Å². The molecule has 1 aromatic carbocycles. The first-order valence-electron chi connectivity index (χ1n) is 9.96. The Morgan fingerprint density at radius 1 is 0.826 bits per heavy atom. The number of benzene rings is 1. The van der Waals surface area contributed by atoms with Gasteiger partial charge in [-0.05, 0) is 25.8 Å². The fourth-order valence-corrected chi connectivity index (χ4v) is 3.00. The molecule has 1 aromatic rings. The predicted octanol–water partition coefficient (Wildman–Crippen LogP) is 7.35. The number of unbranched alkanes of at least 4 members (excludes halogenated alkanes) is 11. The lowest BCUT2D eigenvalue weighted by Gasteiger charge is -2.14. The molecular formula is C22H37O. The fraction of sp³-hybridized carbons (Fsp3) is 0.727. The predicted molar refractivity (Wildman–Crippen MR) is 101 cm³/mol. The lowest BCUT2D eigenvalue weighted by Crippen LogP contribution is -2.11. The van der Waals surface area contributed by atoms with Gasteiger partial charge in [0.2, 0.25) is 0 Å². The van der Waals surface area contributed by atoms with Crippen LogP contribution in [0.4, 0.5) is 0 Å². The topological polar surface area (TPSA) is 9.23 Å². The van der Waals surface area contributed by atoms with Gasteiger partial charge >= 0.3 is 0 Å². The summed E-state index contributed by atoms with van der Waals surface area (Å²) in [6, 6.07) is 11.0. The molecule has 0 bridgehead atoms. The lowest BCUT2D eigenvalue weighted by atomic mass is 10.0. The average molecular weight is 318 g/mol. The summed E-state index contributed by atoms with van der Waals surface area (Å²) < 4.78 is 5.86. The number of para-hydroxylation sites is 1. The van der Waals surface area contributed by atoms with Gasteiger partial charge in [0, 0.05) is 6.07 Å². The van der Waals surface area contributed by atoms with Gasteiger partial charge in [0.15, 0.2) is 0 Å². The van der Waals surface area contributed by atoms with E-state index in [-0.39, 0.29) is 0 Å². The van der Waals surface area contributed by atoms with Crippen molar-refractivity contribution < 1.29 is 4.74 Å². The van der Waals surface area contributed by atoms with Crippen molar-refractivity contribution in [3.63, 3.8) is 0 Å². The first kappa shape index (κ1) is 20.1. The van der Waals surface area contributed by atoms with Crippen LogP contribution < -0.4 is 4.74 Å². The van der Waals surface area contributed by atoms with Crippen molar-refractivity contribution in [1.82, 2.24) is 0 Å². The molecule has 1 heteroatoms. The van der Waals surface area contributed by atoms with E-state index in [1.807, 2.05) is 24.3 Å². The van der Waals surface area contributed by atoms with Crippen LogP contribution in [0.2, 0.25) is 0 Å². The highest BCUT2D eigenvalue weighted by molar-refractivity contribution is 5.19. The first-order chi connectivity index (χ1) is 11.3. The minimum Gasteiger partial charge on any atom is -0.490 e. The molecule has 23 heavy (non-hydrogen) atoms. The Labute approximate surface area is 144 Å². The van der Waals surface area contributed by atoms with Gasteiger partial charge in [0.1, 0.15) is 5.75 Å². The van der Waals surface area contributed by atoms with Gasteiger partial charge < -0.3 is 4.74 Å². The van der Waals surface area contributed by atoms with Crippen LogP contribution in [0.15, 0.2) is 24.3 Å². The quantitative estimate of drug-likeness (QED) is 0.307. The second-order valence-electron chi connectivity index (χ2n) is 6.83. The maximum absolute atomic E-state index is 5.86. The minimum atomic E-state index is 0.303. The maximum atomic E-state index is 5.86. The zero-order valence-electron chi connectivity index (χ0n) is 15.5. The van der Waals surface area contributed by atoms with E-state index in [9.17, 15) is 0 Å². The lowest BCUT2D eigenvalue weighted by molar-refractivity contribution is 0.206. The molecule has 1 rings (SSSR count). The Morgan fingerprint density at radius 2 is 1.39 bits per heavy atom. The van der Waals surface area contributed by atoms with E-state index in [2.05, 4.69) is 19.9 Å². The number of hydrogen-bond acceptors (Lipinski definition) is 1. The van der Waals surface area contributed by atoms with E-state index in [1.54, 1.807) is 0 Å². The molecule has 0 aliphatic heterocycles. The molecule has 0 saturated carbocycles. The molecule has 1 atom stereocenters.